The minimum absolute atomic E-state index is 0.246. The average molecular weight is 380 g/mol. The van der Waals surface area contributed by atoms with Crippen LogP contribution in [-0.4, -0.2) is 91.3 Å². The molecule has 1 amide bonds. The van der Waals surface area contributed by atoms with Crippen molar-refractivity contribution in [2.24, 2.45) is 4.99 Å². The van der Waals surface area contributed by atoms with E-state index in [1.54, 1.807) is 4.90 Å². The van der Waals surface area contributed by atoms with Gasteiger partial charge in [-0.2, -0.15) is 0 Å². The van der Waals surface area contributed by atoms with Gasteiger partial charge in [-0.1, -0.05) is 19.1 Å². The maximum absolute atomic E-state index is 12.4. The highest BCUT2D eigenvalue weighted by Gasteiger charge is 2.29. The topological polar surface area (TPSA) is 60.4 Å². The van der Waals surface area contributed by atoms with Crippen molar-refractivity contribution >= 4 is 12.1 Å². The molecule has 2 rings (SSSR count). The number of guanidine groups is 1. The zero-order chi connectivity index (χ0) is 19.9. The fraction of sp³-hybridized carbons (Fsp3) is 0.800. The van der Waals surface area contributed by atoms with Gasteiger partial charge < -0.3 is 19.9 Å². The number of nitrogens with zero attached hydrogens (tertiary/aromatic N) is 4. The molecule has 154 valence electrons. The lowest BCUT2D eigenvalue weighted by molar-refractivity contribution is 0.0253. The van der Waals surface area contributed by atoms with E-state index in [2.05, 4.69) is 39.2 Å². The molecule has 7 nitrogen and oxygen atoms in total. The van der Waals surface area contributed by atoms with Crippen molar-refractivity contribution in [3.8, 4) is 0 Å². The Hall–Kier alpha value is -1.76. The molecule has 0 radical (unpaired) electrons. The second-order valence-electron chi connectivity index (χ2n) is 8.26. The quantitative estimate of drug-likeness (QED) is 0.435. The second kappa shape index (κ2) is 9.97. The molecule has 2 heterocycles. The van der Waals surface area contributed by atoms with Crippen LogP contribution in [0.3, 0.4) is 0 Å². The van der Waals surface area contributed by atoms with Gasteiger partial charge in [0.15, 0.2) is 5.96 Å². The van der Waals surface area contributed by atoms with E-state index >= 15 is 0 Å². The first kappa shape index (κ1) is 21.5. The number of carbonyl (C=O) groups is 1. The average Bonchev–Trinajstić information content (AvgIpc) is 3.27. The number of hydrogen-bond acceptors (Lipinski definition) is 4. The van der Waals surface area contributed by atoms with Crippen LogP contribution in [0.4, 0.5) is 4.79 Å². The molecule has 1 saturated heterocycles. The summed E-state index contributed by atoms with van der Waals surface area (Å²) in [4.78, 5) is 23.4. The summed E-state index contributed by atoms with van der Waals surface area (Å²) in [5.41, 5.74) is -0.471. The number of ether oxygens (including phenoxy) is 1. The lowest BCUT2D eigenvalue weighted by Gasteiger charge is -2.28. The van der Waals surface area contributed by atoms with Crippen molar-refractivity contribution in [2.75, 3.05) is 52.9 Å². The number of aliphatic imine (C=N–C) groups is 1. The zero-order valence-corrected chi connectivity index (χ0v) is 17.7. The number of amides is 1. The van der Waals surface area contributed by atoms with Gasteiger partial charge in [-0.05, 0) is 33.6 Å². The van der Waals surface area contributed by atoms with E-state index in [0.29, 0.717) is 25.7 Å². The highest BCUT2D eigenvalue weighted by molar-refractivity contribution is 5.80. The maximum Gasteiger partial charge on any atom is 0.410 e. The first-order valence-electron chi connectivity index (χ1n) is 10.2. The Labute approximate surface area is 164 Å². The van der Waals surface area contributed by atoms with E-state index in [1.807, 2.05) is 27.8 Å². The van der Waals surface area contributed by atoms with Gasteiger partial charge in [-0.25, -0.2) is 4.79 Å². The van der Waals surface area contributed by atoms with Crippen molar-refractivity contribution in [3.05, 3.63) is 12.2 Å². The van der Waals surface area contributed by atoms with Gasteiger partial charge in [-0.3, -0.25) is 9.89 Å². The number of rotatable bonds is 6. The van der Waals surface area contributed by atoms with Crippen LogP contribution in [-0.2, 0) is 4.74 Å². The lowest BCUT2D eigenvalue weighted by atomic mass is 10.2. The molecule has 1 unspecified atom stereocenters. The largest absolute Gasteiger partial charge is 0.444 e. The second-order valence-corrected chi connectivity index (χ2v) is 8.26. The molecule has 1 N–H and O–H groups in total. The van der Waals surface area contributed by atoms with Crippen LogP contribution >= 0.6 is 0 Å². The molecule has 0 aliphatic carbocycles. The molecule has 0 spiro atoms. The summed E-state index contributed by atoms with van der Waals surface area (Å²) in [6, 6.07) is 0.594. The van der Waals surface area contributed by atoms with Crippen molar-refractivity contribution in [3.63, 3.8) is 0 Å². The molecule has 1 fully saturated rings. The predicted octanol–water partition coefficient (Wildman–Crippen LogP) is 2.16. The standard InChI is InChI=1S/C20H37N5O2/c1-6-11-24(19(26)27-20(2,3)4)15-10-22-18(21-5)25-14-9-17(16-25)23-12-7-8-13-23/h7-8,17H,6,9-16H2,1-5H3,(H,21,22). The number of likely N-dealkylation sites (tertiary alicyclic amines) is 1. The Morgan fingerprint density at radius 3 is 2.59 bits per heavy atom. The summed E-state index contributed by atoms with van der Waals surface area (Å²) >= 11 is 0. The van der Waals surface area contributed by atoms with Crippen LogP contribution in [0.15, 0.2) is 17.1 Å². The minimum Gasteiger partial charge on any atom is -0.444 e. The van der Waals surface area contributed by atoms with E-state index in [-0.39, 0.29) is 6.09 Å². The molecule has 0 saturated carbocycles. The molecule has 0 aromatic rings. The van der Waals surface area contributed by atoms with Crippen LogP contribution in [0.1, 0.15) is 40.5 Å². The van der Waals surface area contributed by atoms with E-state index in [1.165, 1.54) is 6.42 Å². The molecule has 2 aliphatic rings. The summed E-state index contributed by atoms with van der Waals surface area (Å²) in [6.07, 6.45) is 6.32. The van der Waals surface area contributed by atoms with Crippen molar-refractivity contribution in [1.82, 2.24) is 20.0 Å². The molecule has 0 bridgehead atoms. The fourth-order valence-electron chi connectivity index (χ4n) is 3.55. The first-order valence-corrected chi connectivity index (χ1v) is 10.2. The highest BCUT2D eigenvalue weighted by Crippen LogP contribution is 2.17. The van der Waals surface area contributed by atoms with Crippen LogP contribution < -0.4 is 5.32 Å². The molecule has 7 heteroatoms. The van der Waals surface area contributed by atoms with Crippen LogP contribution in [0.25, 0.3) is 0 Å². The number of nitrogens with one attached hydrogen (secondary N) is 1. The van der Waals surface area contributed by atoms with Gasteiger partial charge >= 0.3 is 6.09 Å². The summed E-state index contributed by atoms with van der Waals surface area (Å²) in [5, 5.41) is 3.42. The summed E-state index contributed by atoms with van der Waals surface area (Å²) in [6.45, 7) is 13.9. The summed E-state index contributed by atoms with van der Waals surface area (Å²) in [5.74, 6) is 0.922. The third-order valence-corrected chi connectivity index (χ3v) is 4.85. The smallest absolute Gasteiger partial charge is 0.410 e. The Morgan fingerprint density at radius 1 is 1.30 bits per heavy atom. The SMILES string of the molecule is CCCN(CCNC(=NC)N1CCC(N2CC=CC2)C1)C(=O)OC(C)(C)C. The van der Waals surface area contributed by atoms with Gasteiger partial charge in [0.2, 0.25) is 0 Å². The Kier molecular flexibility index (Phi) is 7.95. The van der Waals surface area contributed by atoms with Gasteiger partial charge in [-0.15, -0.1) is 0 Å². The lowest BCUT2D eigenvalue weighted by Crippen LogP contribution is -2.46. The predicted molar refractivity (Wildman–Crippen MR) is 110 cm³/mol. The van der Waals surface area contributed by atoms with Crippen molar-refractivity contribution in [2.45, 2.75) is 52.2 Å². The molecule has 2 aliphatic heterocycles. The normalized spacial score (nSPS) is 21.0. The Bertz CT molecular complexity index is 533. The molecule has 0 aromatic carbocycles. The van der Waals surface area contributed by atoms with Gasteiger partial charge in [0.1, 0.15) is 5.60 Å². The van der Waals surface area contributed by atoms with Crippen molar-refractivity contribution in [1.29, 1.82) is 0 Å². The number of carbonyl (C=O) groups excluding carboxylic acids is 1. The minimum atomic E-state index is -0.471. The van der Waals surface area contributed by atoms with Gasteiger partial charge in [0.25, 0.3) is 0 Å². The Balaban J connectivity index is 1.79. The van der Waals surface area contributed by atoms with E-state index in [9.17, 15) is 4.79 Å². The summed E-state index contributed by atoms with van der Waals surface area (Å²) < 4.78 is 5.51. The Morgan fingerprint density at radius 2 is 2.00 bits per heavy atom. The monoisotopic (exact) mass is 379 g/mol. The number of hydrogen-bond donors (Lipinski definition) is 1. The molecular formula is C20H37N5O2. The van der Waals surface area contributed by atoms with Crippen LogP contribution in [0.2, 0.25) is 0 Å². The van der Waals surface area contributed by atoms with Gasteiger partial charge in [0.05, 0.1) is 0 Å². The van der Waals surface area contributed by atoms with E-state index < -0.39 is 5.60 Å². The van der Waals surface area contributed by atoms with Gasteiger partial charge in [0, 0.05) is 58.9 Å². The first-order chi connectivity index (χ1) is 12.8. The molecule has 27 heavy (non-hydrogen) atoms. The molecule has 1 atom stereocenters. The van der Waals surface area contributed by atoms with Crippen molar-refractivity contribution < 1.29 is 9.53 Å². The maximum atomic E-state index is 12.4. The van der Waals surface area contributed by atoms with Crippen LogP contribution in [0, 0.1) is 0 Å². The highest BCUT2D eigenvalue weighted by atomic mass is 16.6. The third kappa shape index (κ3) is 6.72. The fourth-order valence-corrected chi connectivity index (χ4v) is 3.55. The zero-order valence-electron chi connectivity index (χ0n) is 17.7. The molecular weight excluding hydrogens is 342 g/mol. The third-order valence-electron chi connectivity index (χ3n) is 4.85. The molecule has 0 aromatic heterocycles. The van der Waals surface area contributed by atoms with E-state index in [4.69, 9.17) is 4.74 Å². The summed E-state index contributed by atoms with van der Waals surface area (Å²) in [7, 11) is 1.82. The van der Waals surface area contributed by atoms with E-state index in [0.717, 1.165) is 38.6 Å². The van der Waals surface area contributed by atoms with Crippen LogP contribution in [0.5, 0.6) is 0 Å².